The lowest BCUT2D eigenvalue weighted by molar-refractivity contribution is -0.114. The minimum Gasteiger partial charge on any atom is -0.365 e. The quantitative estimate of drug-likeness (QED) is 0.469. The second-order valence-electron chi connectivity index (χ2n) is 6.39. The smallest absolute Gasteiger partial charge is 0.252 e. The van der Waals surface area contributed by atoms with Crippen molar-refractivity contribution >= 4 is 29.1 Å². The van der Waals surface area contributed by atoms with Crippen molar-refractivity contribution in [2.24, 2.45) is 5.73 Å². The molecule has 1 aromatic heterocycles. The van der Waals surface area contributed by atoms with Crippen LogP contribution in [0.5, 0.6) is 0 Å². The monoisotopic (exact) mass is 390 g/mol. The van der Waals surface area contributed by atoms with Gasteiger partial charge in [-0.05, 0) is 23.8 Å². The van der Waals surface area contributed by atoms with Crippen molar-refractivity contribution in [3.8, 4) is 0 Å². The van der Waals surface area contributed by atoms with Gasteiger partial charge in [0.25, 0.3) is 5.91 Å². The van der Waals surface area contributed by atoms with Crippen LogP contribution in [0.25, 0.3) is 0 Å². The van der Waals surface area contributed by atoms with Crippen molar-refractivity contribution in [1.82, 2.24) is 15.3 Å². The van der Waals surface area contributed by atoms with Gasteiger partial charge < -0.3 is 21.7 Å². The summed E-state index contributed by atoms with van der Waals surface area (Å²) in [6.07, 6.45) is 1.41. The summed E-state index contributed by atoms with van der Waals surface area (Å²) in [7, 11) is 0. The number of amides is 2. The maximum absolute atomic E-state index is 11.7. The Kier molecular flexibility index (Phi) is 6.49. The highest BCUT2D eigenvalue weighted by Crippen LogP contribution is 2.19. The average molecular weight is 390 g/mol. The molecule has 0 atom stereocenters. The summed E-state index contributed by atoms with van der Waals surface area (Å²) in [6.45, 7) is 2.43. The molecule has 0 radical (unpaired) electrons. The molecule has 0 spiro atoms. The van der Waals surface area contributed by atoms with E-state index in [0.717, 1.165) is 5.56 Å². The fraction of sp³-hybridized carbons (Fsp3) is 0.143. The number of carbonyl (C=O) groups is 2. The summed E-state index contributed by atoms with van der Waals surface area (Å²) >= 11 is 0. The normalized spacial score (nSPS) is 10.4. The molecule has 2 amide bonds. The lowest BCUT2D eigenvalue weighted by Crippen LogP contribution is -2.21. The van der Waals surface area contributed by atoms with Crippen molar-refractivity contribution in [3.63, 3.8) is 0 Å². The predicted octanol–water partition coefficient (Wildman–Crippen LogP) is 2.57. The number of hydrogen-bond acceptors (Lipinski definition) is 6. The summed E-state index contributed by atoms with van der Waals surface area (Å²) in [5.74, 6) is -0.414. The number of rotatable bonds is 8. The zero-order valence-corrected chi connectivity index (χ0v) is 16.0. The third kappa shape index (κ3) is 5.85. The summed E-state index contributed by atoms with van der Waals surface area (Å²) in [5.41, 5.74) is 8.70. The molecule has 0 aliphatic heterocycles. The summed E-state index contributed by atoms with van der Waals surface area (Å²) in [6, 6.07) is 17.1. The number of anilines is 3. The van der Waals surface area contributed by atoms with Gasteiger partial charge >= 0.3 is 0 Å². The van der Waals surface area contributed by atoms with Gasteiger partial charge in [-0.2, -0.15) is 0 Å². The standard InChI is InChI=1S/C21H22N6O2/c1-14(28)25-16-8-5-9-17(10-16)26-21-24-12-18(20(22)29)19(27-21)13-23-11-15-6-3-2-4-7-15/h2-10,12,23H,11,13H2,1H3,(H2,22,29)(H,25,28)(H,24,26,27). The number of nitrogens with zero attached hydrogens (tertiary/aromatic N) is 2. The van der Waals surface area contributed by atoms with Crippen LogP contribution in [-0.4, -0.2) is 21.8 Å². The van der Waals surface area contributed by atoms with Crippen LogP contribution < -0.4 is 21.7 Å². The minimum absolute atomic E-state index is 0.156. The van der Waals surface area contributed by atoms with Crippen molar-refractivity contribution in [3.05, 3.63) is 77.6 Å². The van der Waals surface area contributed by atoms with E-state index in [0.29, 0.717) is 36.1 Å². The SMILES string of the molecule is CC(=O)Nc1cccc(Nc2ncc(C(N)=O)c(CNCc3ccccc3)n2)c1. The average Bonchev–Trinajstić information content (AvgIpc) is 2.68. The van der Waals surface area contributed by atoms with Crippen molar-refractivity contribution in [2.75, 3.05) is 10.6 Å². The van der Waals surface area contributed by atoms with Gasteiger partial charge in [0.15, 0.2) is 0 Å². The van der Waals surface area contributed by atoms with E-state index >= 15 is 0 Å². The molecule has 0 saturated carbocycles. The Morgan fingerprint density at radius 2 is 1.76 bits per heavy atom. The van der Waals surface area contributed by atoms with Gasteiger partial charge in [-0.1, -0.05) is 36.4 Å². The molecule has 5 N–H and O–H groups in total. The summed E-state index contributed by atoms with van der Waals surface area (Å²) < 4.78 is 0. The highest BCUT2D eigenvalue weighted by Gasteiger charge is 2.12. The predicted molar refractivity (Wildman–Crippen MR) is 112 cm³/mol. The lowest BCUT2D eigenvalue weighted by atomic mass is 10.2. The zero-order valence-electron chi connectivity index (χ0n) is 16.0. The van der Waals surface area contributed by atoms with Crippen molar-refractivity contribution < 1.29 is 9.59 Å². The first kappa shape index (κ1) is 20.0. The molecule has 29 heavy (non-hydrogen) atoms. The van der Waals surface area contributed by atoms with Crippen LogP contribution >= 0.6 is 0 Å². The van der Waals surface area contributed by atoms with Crippen LogP contribution in [0.2, 0.25) is 0 Å². The Balaban J connectivity index is 1.74. The molecule has 8 heteroatoms. The first-order chi connectivity index (χ1) is 14.0. The molecule has 0 saturated heterocycles. The van der Waals surface area contributed by atoms with Crippen LogP contribution in [0.4, 0.5) is 17.3 Å². The molecule has 0 aliphatic carbocycles. The van der Waals surface area contributed by atoms with E-state index in [1.54, 1.807) is 18.2 Å². The highest BCUT2D eigenvalue weighted by molar-refractivity contribution is 5.93. The minimum atomic E-state index is -0.583. The molecule has 1 heterocycles. The van der Waals surface area contributed by atoms with E-state index in [4.69, 9.17) is 5.73 Å². The summed E-state index contributed by atoms with van der Waals surface area (Å²) in [4.78, 5) is 31.6. The largest absolute Gasteiger partial charge is 0.365 e. The Morgan fingerprint density at radius 3 is 2.48 bits per heavy atom. The second-order valence-corrected chi connectivity index (χ2v) is 6.39. The van der Waals surface area contributed by atoms with Gasteiger partial charge in [0.2, 0.25) is 11.9 Å². The third-order valence-electron chi connectivity index (χ3n) is 4.04. The van der Waals surface area contributed by atoms with Crippen LogP contribution in [0.3, 0.4) is 0 Å². The van der Waals surface area contributed by atoms with Crippen LogP contribution in [0.1, 0.15) is 28.5 Å². The molecule has 0 bridgehead atoms. The Bertz CT molecular complexity index is 1010. The molecule has 3 aromatic rings. The fourth-order valence-corrected chi connectivity index (χ4v) is 2.75. The maximum atomic E-state index is 11.7. The van der Waals surface area contributed by atoms with Crippen LogP contribution in [-0.2, 0) is 17.9 Å². The number of benzene rings is 2. The van der Waals surface area contributed by atoms with Crippen LogP contribution in [0, 0.1) is 0 Å². The second kappa shape index (κ2) is 9.43. The first-order valence-electron chi connectivity index (χ1n) is 9.06. The number of nitrogens with one attached hydrogen (secondary N) is 3. The van der Waals surface area contributed by atoms with Crippen molar-refractivity contribution in [2.45, 2.75) is 20.0 Å². The fourth-order valence-electron chi connectivity index (χ4n) is 2.75. The Morgan fingerprint density at radius 1 is 1.00 bits per heavy atom. The van der Waals surface area contributed by atoms with Crippen molar-refractivity contribution in [1.29, 1.82) is 0 Å². The van der Waals surface area contributed by atoms with E-state index in [2.05, 4.69) is 25.9 Å². The van der Waals surface area contributed by atoms with E-state index in [1.165, 1.54) is 13.1 Å². The van der Waals surface area contributed by atoms with E-state index in [9.17, 15) is 9.59 Å². The van der Waals surface area contributed by atoms with Gasteiger partial charge in [-0.3, -0.25) is 9.59 Å². The van der Waals surface area contributed by atoms with Gasteiger partial charge in [-0.25, -0.2) is 9.97 Å². The maximum Gasteiger partial charge on any atom is 0.252 e. The number of aromatic nitrogens is 2. The number of carbonyl (C=O) groups excluding carboxylic acids is 2. The number of nitrogens with two attached hydrogens (primary N) is 1. The molecule has 0 aliphatic rings. The van der Waals surface area contributed by atoms with E-state index in [1.807, 2.05) is 36.4 Å². The lowest BCUT2D eigenvalue weighted by Gasteiger charge is -2.11. The van der Waals surface area contributed by atoms with Gasteiger partial charge in [0.1, 0.15) is 0 Å². The van der Waals surface area contributed by atoms with Gasteiger partial charge in [0, 0.05) is 37.6 Å². The molecule has 8 nitrogen and oxygen atoms in total. The third-order valence-corrected chi connectivity index (χ3v) is 4.04. The number of hydrogen-bond donors (Lipinski definition) is 4. The highest BCUT2D eigenvalue weighted by atomic mass is 16.1. The molecule has 148 valence electrons. The topological polar surface area (TPSA) is 122 Å². The molecular weight excluding hydrogens is 368 g/mol. The van der Waals surface area contributed by atoms with Crippen LogP contribution in [0.15, 0.2) is 60.8 Å². The molecule has 2 aromatic carbocycles. The van der Waals surface area contributed by atoms with E-state index < -0.39 is 5.91 Å². The molecule has 0 unspecified atom stereocenters. The number of primary amides is 1. The Hall–Kier alpha value is -3.78. The van der Waals surface area contributed by atoms with Gasteiger partial charge in [-0.15, -0.1) is 0 Å². The molecular formula is C21H22N6O2. The first-order valence-corrected chi connectivity index (χ1v) is 9.06. The van der Waals surface area contributed by atoms with E-state index in [-0.39, 0.29) is 11.5 Å². The summed E-state index contributed by atoms with van der Waals surface area (Å²) in [5, 5.41) is 9.06. The Labute approximate surface area is 168 Å². The van der Waals surface area contributed by atoms with Gasteiger partial charge in [0.05, 0.1) is 11.3 Å². The molecule has 3 rings (SSSR count). The zero-order chi connectivity index (χ0) is 20.6. The molecule has 0 fully saturated rings.